The Kier molecular flexibility index (Phi) is 7.15. The van der Waals surface area contributed by atoms with Crippen molar-refractivity contribution in [2.45, 2.75) is 56.9 Å². The van der Waals surface area contributed by atoms with Crippen LogP contribution < -0.4 is 10.1 Å². The molecule has 6 nitrogen and oxygen atoms in total. The molecule has 0 spiro atoms. The minimum atomic E-state index is -3.54. The molecule has 0 aliphatic heterocycles. The third-order valence-corrected chi connectivity index (χ3v) is 7.52. The van der Waals surface area contributed by atoms with Crippen LogP contribution in [0.5, 0.6) is 5.75 Å². The maximum Gasteiger partial charge on any atom is 0.262 e. The van der Waals surface area contributed by atoms with Crippen LogP contribution in [0.1, 0.15) is 43.2 Å². The Hall–Kier alpha value is -2.38. The van der Waals surface area contributed by atoms with Crippen LogP contribution in [0.3, 0.4) is 0 Å². The molecule has 2 aromatic rings. The predicted molar refractivity (Wildman–Crippen MR) is 118 cm³/mol. The number of aryl methyl sites for hydroxylation is 2. The van der Waals surface area contributed by atoms with Gasteiger partial charge in [-0.15, -0.1) is 0 Å². The summed E-state index contributed by atoms with van der Waals surface area (Å²) in [5.41, 5.74) is 2.64. The second-order valence-corrected chi connectivity index (χ2v) is 9.94. The minimum absolute atomic E-state index is 0.0607. The van der Waals surface area contributed by atoms with Gasteiger partial charge in [-0.05, 0) is 62.6 Å². The third kappa shape index (κ3) is 5.40. The Bertz CT molecular complexity index is 981. The average Bonchev–Trinajstić information content (AvgIpc) is 2.73. The van der Waals surface area contributed by atoms with Crippen LogP contribution in [-0.2, 0) is 14.8 Å². The summed E-state index contributed by atoms with van der Waals surface area (Å²) in [6.07, 6.45) is 5.12. The molecule has 1 saturated carbocycles. The normalized spacial score (nSPS) is 15.2. The topological polar surface area (TPSA) is 75.7 Å². The highest BCUT2D eigenvalue weighted by atomic mass is 32.2. The lowest BCUT2D eigenvalue weighted by molar-refractivity contribution is -0.118. The maximum atomic E-state index is 12.9. The number of hydrogen-bond donors (Lipinski definition) is 1. The quantitative estimate of drug-likeness (QED) is 0.712. The fraction of sp³-hybridized carbons (Fsp3) is 0.435. The number of hydrogen-bond acceptors (Lipinski definition) is 4. The summed E-state index contributed by atoms with van der Waals surface area (Å²) in [6, 6.07) is 12.1. The number of nitrogens with one attached hydrogen (secondary N) is 1. The molecule has 30 heavy (non-hydrogen) atoms. The van der Waals surface area contributed by atoms with E-state index in [-0.39, 0.29) is 23.5 Å². The monoisotopic (exact) mass is 430 g/mol. The smallest absolute Gasteiger partial charge is 0.262 e. The van der Waals surface area contributed by atoms with E-state index < -0.39 is 10.0 Å². The lowest BCUT2D eigenvalue weighted by Gasteiger charge is -2.30. The van der Waals surface area contributed by atoms with Gasteiger partial charge in [0.2, 0.25) is 10.0 Å². The first-order chi connectivity index (χ1) is 14.3. The van der Waals surface area contributed by atoms with Crippen molar-refractivity contribution in [2.75, 3.05) is 19.0 Å². The summed E-state index contributed by atoms with van der Waals surface area (Å²) >= 11 is 0. The van der Waals surface area contributed by atoms with Crippen molar-refractivity contribution in [2.24, 2.45) is 0 Å². The number of carbonyl (C=O) groups is 1. The first-order valence-corrected chi connectivity index (χ1v) is 11.8. The molecule has 0 atom stereocenters. The average molecular weight is 431 g/mol. The molecule has 3 rings (SSSR count). The van der Waals surface area contributed by atoms with E-state index in [2.05, 4.69) is 5.32 Å². The van der Waals surface area contributed by atoms with Gasteiger partial charge in [0.25, 0.3) is 5.91 Å². The molecule has 1 amide bonds. The number of ether oxygens (including phenoxy) is 1. The molecule has 7 heteroatoms. The Morgan fingerprint density at radius 1 is 1.07 bits per heavy atom. The highest BCUT2D eigenvalue weighted by Gasteiger charge is 2.28. The Morgan fingerprint density at radius 3 is 2.37 bits per heavy atom. The van der Waals surface area contributed by atoms with Crippen LogP contribution in [0.25, 0.3) is 0 Å². The van der Waals surface area contributed by atoms with Crippen molar-refractivity contribution in [1.29, 1.82) is 0 Å². The number of benzene rings is 2. The van der Waals surface area contributed by atoms with Crippen LogP contribution >= 0.6 is 0 Å². The summed E-state index contributed by atoms with van der Waals surface area (Å²) in [4.78, 5) is 12.4. The number of sulfonamides is 1. The molecule has 0 saturated heterocycles. The molecule has 1 fully saturated rings. The largest absolute Gasteiger partial charge is 0.483 e. The number of amides is 1. The van der Waals surface area contributed by atoms with E-state index in [0.29, 0.717) is 11.4 Å². The summed E-state index contributed by atoms with van der Waals surface area (Å²) in [6.45, 7) is 3.82. The molecule has 1 N–H and O–H groups in total. The van der Waals surface area contributed by atoms with Gasteiger partial charge in [0.1, 0.15) is 5.75 Å². The standard InChI is InChI=1S/C23H30N2O4S/c1-17-9-14-22(18(2)15-17)29-16-23(26)24-19-10-12-21(13-11-19)30(27,28)25(3)20-7-5-4-6-8-20/h9-15,20H,4-8,16H2,1-3H3,(H,24,26). The second-order valence-electron chi connectivity index (χ2n) is 7.94. The maximum absolute atomic E-state index is 12.9. The van der Waals surface area contributed by atoms with Crippen molar-refractivity contribution < 1.29 is 17.9 Å². The van der Waals surface area contributed by atoms with Crippen molar-refractivity contribution in [3.8, 4) is 5.75 Å². The fourth-order valence-electron chi connectivity index (χ4n) is 3.82. The number of nitrogens with zero attached hydrogens (tertiary/aromatic N) is 1. The van der Waals surface area contributed by atoms with Crippen LogP contribution in [0, 0.1) is 13.8 Å². The summed E-state index contributed by atoms with van der Waals surface area (Å²) in [5, 5.41) is 2.74. The van der Waals surface area contributed by atoms with Gasteiger partial charge in [0.15, 0.2) is 6.61 Å². The highest BCUT2D eigenvalue weighted by molar-refractivity contribution is 7.89. The van der Waals surface area contributed by atoms with Crippen LogP contribution in [-0.4, -0.2) is 38.3 Å². The van der Waals surface area contributed by atoms with Crippen LogP contribution in [0.4, 0.5) is 5.69 Å². The Morgan fingerprint density at radius 2 is 1.73 bits per heavy atom. The first-order valence-electron chi connectivity index (χ1n) is 10.4. The van der Waals surface area contributed by atoms with Crippen molar-refractivity contribution in [1.82, 2.24) is 4.31 Å². The molecule has 0 aromatic heterocycles. The van der Waals surface area contributed by atoms with Crippen molar-refractivity contribution in [3.63, 3.8) is 0 Å². The van der Waals surface area contributed by atoms with E-state index >= 15 is 0 Å². The molecule has 0 radical (unpaired) electrons. The summed E-state index contributed by atoms with van der Waals surface area (Å²) in [5.74, 6) is 0.368. The molecule has 1 aliphatic rings. The molecule has 1 aliphatic carbocycles. The van der Waals surface area contributed by atoms with Gasteiger partial charge >= 0.3 is 0 Å². The first kappa shape index (κ1) is 22.3. The molecule has 2 aromatic carbocycles. The van der Waals surface area contributed by atoms with E-state index in [0.717, 1.165) is 36.8 Å². The van der Waals surface area contributed by atoms with Gasteiger partial charge < -0.3 is 10.1 Å². The summed E-state index contributed by atoms with van der Waals surface area (Å²) < 4.78 is 32.9. The van der Waals surface area contributed by atoms with Gasteiger partial charge in [-0.25, -0.2) is 8.42 Å². The lowest BCUT2D eigenvalue weighted by Crippen LogP contribution is -2.38. The third-order valence-electron chi connectivity index (χ3n) is 5.59. The molecule has 0 unspecified atom stereocenters. The molecule has 162 valence electrons. The van der Waals surface area contributed by atoms with Gasteiger partial charge in [0.05, 0.1) is 4.90 Å². The Balaban J connectivity index is 1.58. The van der Waals surface area contributed by atoms with Crippen LogP contribution in [0.2, 0.25) is 0 Å². The van der Waals surface area contributed by atoms with E-state index in [1.165, 1.54) is 22.9 Å². The zero-order valence-corrected chi connectivity index (χ0v) is 18.7. The van der Waals surface area contributed by atoms with E-state index in [1.54, 1.807) is 19.2 Å². The minimum Gasteiger partial charge on any atom is -0.483 e. The molecular formula is C23H30N2O4S. The molecule has 0 bridgehead atoms. The van der Waals surface area contributed by atoms with Crippen LogP contribution in [0.15, 0.2) is 47.4 Å². The van der Waals surface area contributed by atoms with Gasteiger partial charge in [-0.1, -0.05) is 37.0 Å². The van der Waals surface area contributed by atoms with Gasteiger partial charge in [-0.2, -0.15) is 4.31 Å². The van der Waals surface area contributed by atoms with E-state index in [4.69, 9.17) is 4.74 Å². The number of rotatable bonds is 7. The number of anilines is 1. The Labute approximate surface area is 179 Å². The van der Waals surface area contributed by atoms with Crippen molar-refractivity contribution in [3.05, 3.63) is 53.6 Å². The fourth-order valence-corrected chi connectivity index (χ4v) is 5.23. The molecular weight excluding hydrogens is 400 g/mol. The zero-order chi connectivity index (χ0) is 21.7. The SMILES string of the molecule is Cc1ccc(OCC(=O)Nc2ccc(S(=O)(=O)N(C)C3CCCCC3)cc2)c(C)c1. The van der Waals surface area contributed by atoms with Gasteiger partial charge in [0, 0.05) is 18.8 Å². The van der Waals surface area contributed by atoms with Gasteiger partial charge in [-0.3, -0.25) is 4.79 Å². The predicted octanol–water partition coefficient (Wildman–Crippen LogP) is 4.27. The summed E-state index contributed by atoms with van der Waals surface area (Å²) in [7, 11) is -1.88. The van der Waals surface area contributed by atoms with E-state index in [9.17, 15) is 13.2 Å². The lowest BCUT2D eigenvalue weighted by atomic mass is 9.96. The second kappa shape index (κ2) is 9.62. The van der Waals surface area contributed by atoms with Crippen molar-refractivity contribution >= 4 is 21.6 Å². The zero-order valence-electron chi connectivity index (χ0n) is 17.8. The highest BCUT2D eigenvalue weighted by Crippen LogP contribution is 2.27. The molecule has 0 heterocycles. The van der Waals surface area contributed by atoms with E-state index in [1.807, 2.05) is 32.0 Å². The number of carbonyl (C=O) groups excluding carboxylic acids is 1.